The summed E-state index contributed by atoms with van der Waals surface area (Å²) >= 11 is 0. The minimum atomic E-state index is -0.611. The molecule has 1 aromatic carbocycles. The van der Waals surface area contributed by atoms with Crippen molar-refractivity contribution in [3.8, 4) is 0 Å². The predicted octanol–water partition coefficient (Wildman–Crippen LogP) is 1.92. The normalized spacial score (nSPS) is 17.5. The van der Waals surface area contributed by atoms with Crippen LogP contribution in [0.2, 0.25) is 0 Å². The largest absolute Gasteiger partial charge is 0.444 e. The lowest BCUT2D eigenvalue weighted by atomic mass is 10.0. The summed E-state index contributed by atoms with van der Waals surface area (Å²) < 4.78 is 9.96. The molecular formula is C22H25N5O6. The van der Waals surface area contributed by atoms with Gasteiger partial charge in [0.1, 0.15) is 6.61 Å². The lowest BCUT2D eigenvalue weighted by Crippen LogP contribution is -2.45. The van der Waals surface area contributed by atoms with E-state index in [0.29, 0.717) is 55.7 Å². The fourth-order valence-corrected chi connectivity index (χ4v) is 4.24. The number of benzene rings is 1. The van der Waals surface area contributed by atoms with Gasteiger partial charge in [0.15, 0.2) is 5.82 Å². The molecule has 0 aliphatic carbocycles. The number of carbonyl (C=O) groups is 3. The molecule has 2 aliphatic heterocycles. The quantitative estimate of drug-likeness (QED) is 0.608. The van der Waals surface area contributed by atoms with E-state index in [9.17, 15) is 19.2 Å². The third kappa shape index (κ3) is 4.66. The van der Waals surface area contributed by atoms with Crippen LogP contribution in [0.25, 0.3) is 0 Å². The zero-order valence-electron chi connectivity index (χ0n) is 18.2. The molecule has 3 heterocycles. The van der Waals surface area contributed by atoms with Gasteiger partial charge in [-0.25, -0.2) is 14.4 Å². The van der Waals surface area contributed by atoms with E-state index in [1.165, 1.54) is 16.8 Å². The molecule has 1 aromatic heterocycles. The summed E-state index contributed by atoms with van der Waals surface area (Å²) in [4.78, 5) is 54.5. The van der Waals surface area contributed by atoms with E-state index in [1.807, 2.05) is 30.3 Å². The van der Waals surface area contributed by atoms with E-state index in [-0.39, 0.29) is 6.61 Å². The van der Waals surface area contributed by atoms with Crippen molar-refractivity contribution >= 4 is 18.0 Å². The summed E-state index contributed by atoms with van der Waals surface area (Å²) in [5, 5.41) is 6.13. The molecule has 174 valence electrons. The Morgan fingerprint density at radius 1 is 1.21 bits per heavy atom. The Bertz CT molecular complexity index is 1120. The maximum absolute atomic E-state index is 13.1. The number of aromatic nitrogens is 2. The van der Waals surface area contributed by atoms with Crippen LogP contribution >= 0.6 is 0 Å². The summed E-state index contributed by atoms with van der Waals surface area (Å²) in [6.45, 7) is 0.477. The van der Waals surface area contributed by atoms with Crippen LogP contribution in [0.15, 0.2) is 50.9 Å². The number of hydrogen-bond donors (Lipinski definition) is 2. The summed E-state index contributed by atoms with van der Waals surface area (Å²) in [7, 11) is 1.47. The van der Waals surface area contributed by atoms with Gasteiger partial charge >= 0.3 is 17.9 Å². The second kappa shape index (κ2) is 9.72. The molecule has 11 nitrogen and oxygen atoms in total. The van der Waals surface area contributed by atoms with Crippen LogP contribution in [-0.2, 0) is 22.6 Å². The van der Waals surface area contributed by atoms with E-state index in [0.717, 1.165) is 5.56 Å². The molecule has 0 unspecified atom stereocenters. The molecule has 33 heavy (non-hydrogen) atoms. The Labute approximate surface area is 189 Å². The fourth-order valence-electron chi connectivity index (χ4n) is 4.24. The molecule has 0 bridgehead atoms. The predicted molar refractivity (Wildman–Crippen MR) is 115 cm³/mol. The van der Waals surface area contributed by atoms with Crippen LogP contribution in [-0.4, -0.2) is 57.6 Å². The van der Waals surface area contributed by atoms with Crippen LogP contribution in [0, 0.1) is 0 Å². The third-order valence-electron chi connectivity index (χ3n) is 5.76. The van der Waals surface area contributed by atoms with Gasteiger partial charge in [-0.3, -0.25) is 24.1 Å². The molecule has 1 fully saturated rings. The van der Waals surface area contributed by atoms with Crippen molar-refractivity contribution in [2.45, 2.75) is 44.8 Å². The van der Waals surface area contributed by atoms with Crippen LogP contribution in [0.5, 0.6) is 0 Å². The Hall–Kier alpha value is -3.89. The summed E-state index contributed by atoms with van der Waals surface area (Å²) in [5.41, 5.74) is 1.83. The fraction of sp³-hybridized carbons (Fsp3) is 0.409. The van der Waals surface area contributed by atoms with Gasteiger partial charge < -0.3 is 10.1 Å². The van der Waals surface area contributed by atoms with Crippen LogP contribution < -0.4 is 11.1 Å². The third-order valence-corrected chi connectivity index (χ3v) is 5.76. The van der Waals surface area contributed by atoms with Gasteiger partial charge in [-0.1, -0.05) is 35.5 Å². The van der Waals surface area contributed by atoms with Crippen LogP contribution in [0.3, 0.4) is 0 Å². The van der Waals surface area contributed by atoms with E-state index >= 15 is 0 Å². The minimum Gasteiger partial charge on any atom is -0.444 e. The Morgan fingerprint density at radius 2 is 1.97 bits per heavy atom. The Morgan fingerprint density at radius 3 is 2.67 bits per heavy atom. The van der Waals surface area contributed by atoms with Gasteiger partial charge in [0.2, 0.25) is 0 Å². The van der Waals surface area contributed by atoms with Crippen LogP contribution in [0.4, 0.5) is 9.59 Å². The number of imide groups is 1. The number of H-pyrrole nitrogens is 1. The molecule has 2 N–H and O–H groups in total. The summed E-state index contributed by atoms with van der Waals surface area (Å²) in [6.07, 6.45) is 2.01. The molecule has 11 heteroatoms. The number of amides is 4. The molecule has 1 saturated heterocycles. The summed E-state index contributed by atoms with van der Waals surface area (Å²) in [5.74, 6) is -0.572. The lowest BCUT2D eigenvalue weighted by Gasteiger charge is -2.21. The van der Waals surface area contributed by atoms with E-state index < -0.39 is 29.8 Å². The van der Waals surface area contributed by atoms with Crippen molar-refractivity contribution in [1.82, 2.24) is 25.3 Å². The first kappa shape index (κ1) is 22.3. The van der Waals surface area contributed by atoms with E-state index in [4.69, 9.17) is 4.74 Å². The minimum absolute atomic E-state index is 0.118. The van der Waals surface area contributed by atoms with Crippen molar-refractivity contribution in [2.75, 3.05) is 13.6 Å². The molecule has 2 aliphatic rings. The van der Waals surface area contributed by atoms with Gasteiger partial charge in [0.05, 0.1) is 11.7 Å². The number of nitrogens with one attached hydrogen (secondary N) is 2. The highest BCUT2D eigenvalue weighted by Crippen LogP contribution is 2.38. The number of urea groups is 1. The number of aryl methyl sites for hydroxylation is 1. The highest BCUT2D eigenvalue weighted by atomic mass is 16.6. The van der Waals surface area contributed by atoms with Crippen molar-refractivity contribution < 1.29 is 23.6 Å². The maximum atomic E-state index is 13.1. The molecule has 0 spiro atoms. The van der Waals surface area contributed by atoms with Crippen molar-refractivity contribution in [3.05, 3.63) is 63.5 Å². The van der Waals surface area contributed by atoms with Gasteiger partial charge in [-0.15, -0.1) is 0 Å². The second-order valence-corrected chi connectivity index (χ2v) is 7.84. The molecule has 1 atom stereocenters. The topological polar surface area (TPSA) is 138 Å². The molecule has 2 aromatic rings. The number of hydrogen-bond acceptors (Lipinski definition) is 7. The Balaban J connectivity index is 1.47. The maximum Gasteiger partial charge on any atom is 0.438 e. The number of aromatic amines is 1. The number of carbonyl (C=O) groups excluding carboxylic acids is 3. The van der Waals surface area contributed by atoms with E-state index in [2.05, 4.69) is 20.0 Å². The van der Waals surface area contributed by atoms with Crippen LogP contribution in [0.1, 0.15) is 37.1 Å². The first-order valence-corrected chi connectivity index (χ1v) is 10.8. The summed E-state index contributed by atoms with van der Waals surface area (Å²) in [6, 6.07) is 8.33. The van der Waals surface area contributed by atoms with Crippen molar-refractivity contribution in [2.24, 2.45) is 0 Å². The van der Waals surface area contributed by atoms with E-state index in [1.54, 1.807) is 0 Å². The van der Waals surface area contributed by atoms with Crippen molar-refractivity contribution in [3.63, 3.8) is 0 Å². The Kier molecular flexibility index (Phi) is 6.57. The smallest absolute Gasteiger partial charge is 0.438 e. The first-order chi connectivity index (χ1) is 16.0. The first-order valence-electron chi connectivity index (χ1n) is 10.8. The van der Waals surface area contributed by atoms with Gasteiger partial charge in [-0.05, 0) is 31.2 Å². The number of likely N-dealkylation sites (tertiary alicyclic amines) is 1. The number of rotatable bonds is 7. The molecule has 0 radical (unpaired) electrons. The standard InChI is InChI=1S/C22H25N5O6/c1-23-20(29)27-16-11-12-26(22(31)32-13-14-7-3-2-4-8-14)18(16)15(19(27)28)9-5-6-10-17-24-21(30)33-25-17/h2-4,7-8,16H,5-6,9-13H2,1H3,(H,23,29)(H,24,25,30)/t16-/m0/s1. The number of nitrogens with zero attached hydrogens (tertiary/aromatic N) is 3. The van der Waals surface area contributed by atoms with Gasteiger partial charge in [-0.2, -0.15) is 0 Å². The molecule has 4 rings (SSSR count). The number of unbranched alkanes of at least 4 members (excludes halogenated alkanes) is 1. The molecule has 0 saturated carbocycles. The molecular weight excluding hydrogens is 430 g/mol. The molecule has 4 amide bonds. The van der Waals surface area contributed by atoms with Crippen molar-refractivity contribution in [1.29, 1.82) is 0 Å². The van der Waals surface area contributed by atoms with Gasteiger partial charge in [0, 0.05) is 25.6 Å². The highest BCUT2D eigenvalue weighted by molar-refractivity contribution is 6.08. The average molecular weight is 455 g/mol. The number of ether oxygens (including phenoxy) is 1. The zero-order chi connectivity index (χ0) is 23.4. The highest BCUT2D eigenvalue weighted by Gasteiger charge is 2.49. The SMILES string of the molecule is CNC(=O)N1C(=O)C(CCCCc2noc(=O)[nH]2)=C2[C@@H]1CCN2C(=O)OCc1ccccc1. The number of fused-ring (bicyclic) bond motifs is 1. The average Bonchev–Trinajstić information content (AvgIpc) is 3.50. The second-order valence-electron chi connectivity index (χ2n) is 7.84. The van der Waals surface area contributed by atoms with Gasteiger partial charge in [0.25, 0.3) is 5.91 Å². The zero-order valence-corrected chi connectivity index (χ0v) is 18.2. The monoisotopic (exact) mass is 455 g/mol. The lowest BCUT2D eigenvalue weighted by molar-refractivity contribution is -0.124.